The number of benzene rings is 3. The van der Waals surface area contributed by atoms with Crippen molar-refractivity contribution >= 4 is 35.2 Å². The SMILES string of the molecule is CC(C)(C)Cc1cnc(-c2[c-]cc([Si](C)(C)C)c3c2oc2ccccc23)c(CC(C)(C)C)c1.Cc1ccc(-c2[c-]cccc2)nc1.[Ir]. The number of pyridine rings is 2. The third-order valence-electron chi connectivity index (χ3n) is 7.87. The molecule has 0 saturated carbocycles. The van der Waals surface area contributed by atoms with E-state index >= 15 is 0 Å². The Hall–Kier alpha value is -3.37. The molecule has 0 aliphatic carbocycles. The van der Waals surface area contributed by atoms with E-state index in [2.05, 4.69) is 121 Å². The molecule has 3 aromatic heterocycles. The summed E-state index contributed by atoms with van der Waals surface area (Å²) in [5.74, 6) is 0. The van der Waals surface area contributed by atoms with Crippen LogP contribution in [-0.2, 0) is 32.9 Å². The second-order valence-corrected chi connectivity index (χ2v) is 21.0. The number of fused-ring (bicyclic) bond motifs is 3. The average molecular weight is 817 g/mol. The fourth-order valence-corrected chi connectivity index (χ4v) is 7.42. The molecule has 6 rings (SSSR count). The standard InChI is InChI=1S/C30H38NOSi.C12H10N.Ir/c1-29(2,3)17-20-16-21(18-30(4,5)6)27(31-19-20)23-14-15-25(33(7,8)9)26-22-12-10-11-13-24(22)32-28(23)26;1-10-7-8-12(13-9-10)11-5-3-2-4-6-11;/h10-13,15-16,19H,17-18H2,1-9H3;2-5,7-9H,1H3;/q2*-1;. The predicted octanol–water partition coefficient (Wildman–Crippen LogP) is 11.0. The molecule has 247 valence electrons. The minimum atomic E-state index is -1.60. The van der Waals surface area contributed by atoms with Crippen molar-refractivity contribution in [1.29, 1.82) is 0 Å². The first kappa shape index (κ1) is 36.5. The Labute approximate surface area is 296 Å². The Bertz CT molecular complexity index is 1940. The number of nitrogens with zero attached hydrogens (tertiary/aromatic N) is 2. The molecule has 0 unspecified atom stereocenters. The van der Waals surface area contributed by atoms with Gasteiger partial charge in [-0.2, -0.15) is 0 Å². The molecule has 0 amide bonds. The summed E-state index contributed by atoms with van der Waals surface area (Å²) >= 11 is 0. The van der Waals surface area contributed by atoms with Gasteiger partial charge in [-0.05, 0) is 59.2 Å². The molecule has 5 heteroatoms. The maximum absolute atomic E-state index is 6.52. The van der Waals surface area contributed by atoms with Gasteiger partial charge in [-0.15, -0.1) is 53.2 Å². The normalized spacial score (nSPS) is 12.0. The summed E-state index contributed by atoms with van der Waals surface area (Å²) in [5.41, 5.74) is 10.0. The van der Waals surface area contributed by atoms with Gasteiger partial charge in [-0.1, -0.05) is 114 Å². The summed E-state index contributed by atoms with van der Waals surface area (Å²) in [6.45, 7) is 22.9. The van der Waals surface area contributed by atoms with Crippen molar-refractivity contribution in [3.8, 4) is 22.5 Å². The van der Waals surface area contributed by atoms with Crippen LogP contribution in [0.1, 0.15) is 58.2 Å². The summed E-state index contributed by atoms with van der Waals surface area (Å²) in [6, 6.07) is 31.7. The Balaban J connectivity index is 0.000000298. The zero-order chi connectivity index (χ0) is 33.3. The summed E-state index contributed by atoms with van der Waals surface area (Å²) < 4.78 is 6.52. The van der Waals surface area contributed by atoms with E-state index in [1.165, 1.54) is 32.6 Å². The number of hydrogen-bond donors (Lipinski definition) is 0. The summed E-state index contributed by atoms with van der Waals surface area (Å²) in [5, 5.41) is 3.84. The molecule has 0 saturated heterocycles. The van der Waals surface area contributed by atoms with E-state index in [9.17, 15) is 0 Å². The maximum atomic E-state index is 6.52. The minimum absolute atomic E-state index is 0. The number of rotatable bonds is 5. The number of aromatic nitrogens is 2. The van der Waals surface area contributed by atoms with E-state index in [0.717, 1.165) is 46.5 Å². The van der Waals surface area contributed by atoms with Gasteiger partial charge in [0.2, 0.25) is 0 Å². The van der Waals surface area contributed by atoms with Crippen molar-refractivity contribution in [2.75, 3.05) is 0 Å². The number of hydrogen-bond acceptors (Lipinski definition) is 3. The number of para-hydroxylation sites is 1. The quantitative estimate of drug-likeness (QED) is 0.129. The van der Waals surface area contributed by atoms with E-state index in [1.807, 2.05) is 49.5 Å². The molecular formula is C42H48IrN2OSi-2. The first-order chi connectivity index (χ1) is 21.6. The van der Waals surface area contributed by atoms with Gasteiger partial charge < -0.3 is 14.4 Å². The van der Waals surface area contributed by atoms with Gasteiger partial charge in [0.1, 0.15) is 5.58 Å². The predicted molar refractivity (Wildman–Crippen MR) is 198 cm³/mol. The monoisotopic (exact) mass is 817 g/mol. The van der Waals surface area contributed by atoms with Gasteiger partial charge >= 0.3 is 0 Å². The van der Waals surface area contributed by atoms with E-state index in [1.54, 1.807) is 0 Å². The van der Waals surface area contributed by atoms with Crippen molar-refractivity contribution < 1.29 is 24.5 Å². The fraction of sp³-hybridized carbons (Fsp3) is 0.333. The van der Waals surface area contributed by atoms with Crippen LogP contribution in [0.25, 0.3) is 44.5 Å². The topological polar surface area (TPSA) is 38.9 Å². The zero-order valence-electron chi connectivity index (χ0n) is 29.6. The molecule has 3 aromatic carbocycles. The summed E-state index contributed by atoms with van der Waals surface area (Å²) in [6.07, 6.45) is 5.89. The Morgan fingerprint density at radius 3 is 2.11 bits per heavy atom. The van der Waals surface area contributed by atoms with E-state index in [4.69, 9.17) is 9.40 Å². The van der Waals surface area contributed by atoms with Crippen LogP contribution in [-0.4, -0.2) is 18.0 Å². The summed E-state index contributed by atoms with van der Waals surface area (Å²) in [7, 11) is -1.60. The van der Waals surface area contributed by atoms with Crippen molar-refractivity contribution in [1.82, 2.24) is 9.97 Å². The summed E-state index contributed by atoms with van der Waals surface area (Å²) in [4.78, 5) is 9.37. The first-order valence-corrected chi connectivity index (χ1v) is 19.8. The molecule has 0 atom stereocenters. The second-order valence-electron chi connectivity index (χ2n) is 16.0. The Morgan fingerprint density at radius 2 is 1.49 bits per heavy atom. The third-order valence-corrected chi connectivity index (χ3v) is 9.88. The molecule has 0 aliphatic rings. The van der Waals surface area contributed by atoms with Crippen molar-refractivity contribution in [3.63, 3.8) is 0 Å². The molecule has 1 radical (unpaired) electrons. The second kappa shape index (κ2) is 14.4. The van der Waals surface area contributed by atoms with Gasteiger partial charge in [-0.25, -0.2) is 0 Å². The van der Waals surface area contributed by atoms with Crippen molar-refractivity contribution in [2.24, 2.45) is 10.8 Å². The van der Waals surface area contributed by atoms with Crippen LogP contribution in [0.5, 0.6) is 0 Å². The third kappa shape index (κ3) is 9.16. The Morgan fingerprint density at radius 1 is 0.787 bits per heavy atom. The molecule has 3 heterocycles. The van der Waals surface area contributed by atoms with Crippen LogP contribution in [0.15, 0.2) is 89.6 Å². The van der Waals surface area contributed by atoms with Crippen LogP contribution >= 0.6 is 0 Å². The van der Waals surface area contributed by atoms with Gasteiger partial charge in [0.05, 0.1) is 5.58 Å². The van der Waals surface area contributed by atoms with Crippen LogP contribution < -0.4 is 5.19 Å². The number of aryl methyl sites for hydroxylation is 1. The van der Waals surface area contributed by atoms with Gasteiger partial charge in [0.25, 0.3) is 0 Å². The van der Waals surface area contributed by atoms with Gasteiger partial charge in [-0.3, -0.25) is 0 Å². The van der Waals surface area contributed by atoms with E-state index < -0.39 is 8.07 Å². The Kier molecular flexibility index (Phi) is 11.2. The number of furan rings is 1. The van der Waals surface area contributed by atoms with Crippen molar-refractivity contribution in [2.45, 2.75) is 80.9 Å². The van der Waals surface area contributed by atoms with E-state index in [0.29, 0.717) is 0 Å². The average Bonchev–Trinajstić information content (AvgIpc) is 3.36. The largest absolute Gasteiger partial charge is 0.501 e. The van der Waals surface area contributed by atoms with Crippen LogP contribution in [0.4, 0.5) is 0 Å². The molecule has 0 bridgehead atoms. The van der Waals surface area contributed by atoms with Crippen LogP contribution in [0, 0.1) is 29.9 Å². The molecule has 6 aromatic rings. The molecule has 0 aliphatic heterocycles. The molecule has 3 nitrogen and oxygen atoms in total. The van der Waals surface area contributed by atoms with E-state index in [-0.39, 0.29) is 30.9 Å². The zero-order valence-corrected chi connectivity index (χ0v) is 33.0. The first-order valence-electron chi connectivity index (χ1n) is 16.3. The van der Waals surface area contributed by atoms with Gasteiger partial charge in [0.15, 0.2) is 0 Å². The van der Waals surface area contributed by atoms with Gasteiger partial charge in [0, 0.05) is 46.0 Å². The van der Waals surface area contributed by atoms with Crippen LogP contribution in [0.3, 0.4) is 0 Å². The smallest absolute Gasteiger partial charge is 0.120 e. The molecular weight excluding hydrogens is 769 g/mol. The fourth-order valence-electron chi connectivity index (χ4n) is 5.92. The maximum Gasteiger partial charge on any atom is 0.120 e. The van der Waals surface area contributed by atoms with Crippen LogP contribution in [0.2, 0.25) is 19.6 Å². The molecule has 47 heavy (non-hydrogen) atoms. The molecule has 0 fully saturated rings. The van der Waals surface area contributed by atoms with Crippen molar-refractivity contribution in [3.05, 3.63) is 114 Å². The minimum Gasteiger partial charge on any atom is -0.501 e. The molecule has 0 spiro atoms. The molecule has 0 N–H and O–H groups in total.